The molecule has 1 saturated heterocycles. The van der Waals surface area contributed by atoms with Crippen LogP contribution < -0.4 is 19.7 Å². The van der Waals surface area contributed by atoms with E-state index in [2.05, 4.69) is 24.4 Å². The molecule has 1 heterocycles. The molecule has 5 nitrogen and oxygen atoms in total. The molecule has 2 rings (SSSR count). The molecule has 0 bridgehead atoms. The Kier molecular flexibility index (Phi) is 8.95. The number of ether oxygens (including phenoxy) is 3. The predicted molar refractivity (Wildman–Crippen MR) is 94.9 cm³/mol. The molecule has 24 heavy (non-hydrogen) atoms. The summed E-state index contributed by atoms with van der Waals surface area (Å²) in [5, 5.41) is 2.39. The first kappa shape index (κ1) is 19.0. The van der Waals surface area contributed by atoms with Crippen molar-refractivity contribution < 1.29 is 24.4 Å². The molecule has 0 amide bonds. The highest BCUT2D eigenvalue weighted by Gasteiger charge is 2.13. The van der Waals surface area contributed by atoms with Gasteiger partial charge < -0.3 is 24.4 Å². The Bertz CT molecular complexity index is 462. The number of benzene rings is 1. The fourth-order valence-corrected chi connectivity index (χ4v) is 2.95. The number of nitrogens with one attached hydrogen (secondary N) is 1. The van der Waals surface area contributed by atoms with E-state index in [-0.39, 0.29) is 0 Å². The molecule has 3 N–H and O–H groups in total. The molecule has 5 heteroatoms. The summed E-state index contributed by atoms with van der Waals surface area (Å²) < 4.78 is 16.9. The average molecular weight is 338 g/mol. The Morgan fingerprint density at radius 3 is 2.71 bits per heavy atom. The summed E-state index contributed by atoms with van der Waals surface area (Å²) >= 11 is 0. The van der Waals surface area contributed by atoms with E-state index >= 15 is 0 Å². The number of nitrogens with two attached hydrogens (primary N) is 1. The minimum absolute atomic E-state index is 0.665. The first-order valence-electron chi connectivity index (χ1n) is 9.45. The fraction of sp³-hybridized carbons (Fsp3) is 0.684. The van der Waals surface area contributed by atoms with Crippen molar-refractivity contribution in [3.05, 3.63) is 23.8 Å². The maximum atomic E-state index is 5.76. The van der Waals surface area contributed by atoms with Crippen LogP contribution in [0.25, 0.3) is 0 Å². The molecule has 1 fully saturated rings. The molecule has 0 atom stereocenters. The van der Waals surface area contributed by atoms with Gasteiger partial charge in [-0.1, -0.05) is 6.92 Å². The first-order valence-corrected chi connectivity index (χ1v) is 9.45. The summed E-state index contributed by atoms with van der Waals surface area (Å²) in [4.78, 5) is 1.69. The maximum Gasteiger partial charge on any atom is 0.161 e. The largest absolute Gasteiger partial charge is 0.490 e. The SMILES string of the molecule is CCCOc1ccc(C[NH2+]CCC[NH+]2CCOCC2)cc1OCC. The van der Waals surface area contributed by atoms with E-state index in [9.17, 15) is 0 Å². The van der Waals surface area contributed by atoms with Crippen molar-refractivity contribution in [3.63, 3.8) is 0 Å². The van der Waals surface area contributed by atoms with Gasteiger partial charge in [0, 0.05) is 12.0 Å². The van der Waals surface area contributed by atoms with Gasteiger partial charge in [-0.25, -0.2) is 0 Å². The predicted octanol–water partition coefficient (Wildman–Crippen LogP) is 0.243. The Balaban J connectivity index is 1.71. The third kappa shape index (κ3) is 6.67. The number of morpholine rings is 1. The van der Waals surface area contributed by atoms with Crippen molar-refractivity contribution in [1.29, 1.82) is 0 Å². The summed E-state index contributed by atoms with van der Waals surface area (Å²) in [5.41, 5.74) is 1.29. The van der Waals surface area contributed by atoms with Crippen molar-refractivity contribution in [3.8, 4) is 11.5 Å². The van der Waals surface area contributed by atoms with Gasteiger partial charge in [-0.15, -0.1) is 0 Å². The second-order valence-electron chi connectivity index (χ2n) is 6.31. The quantitative estimate of drug-likeness (QED) is 0.569. The van der Waals surface area contributed by atoms with Crippen LogP contribution in [0.1, 0.15) is 32.3 Å². The number of hydrogen-bond donors (Lipinski definition) is 2. The molecule has 0 saturated carbocycles. The van der Waals surface area contributed by atoms with E-state index < -0.39 is 0 Å². The second-order valence-corrected chi connectivity index (χ2v) is 6.31. The van der Waals surface area contributed by atoms with Crippen LogP contribution in [0.5, 0.6) is 11.5 Å². The maximum absolute atomic E-state index is 5.76. The molecule has 0 spiro atoms. The summed E-state index contributed by atoms with van der Waals surface area (Å²) in [6.07, 6.45) is 2.26. The smallest absolute Gasteiger partial charge is 0.161 e. The zero-order chi connectivity index (χ0) is 17.0. The highest BCUT2D eigenvalue weighted by molar-refractivity contribution is 5.42. The van der Waals surface area contributed by atoms with Gasteiger partial charge in [0.05, 0.1) is 39.5 Å². The van der Waals surface area contributed by atoms with E-state index in [1.807, 2.05) is 13.0 Å². The van der Waals surface area contributed by atoms with Crippen molar-refractivity contribution >= 4 is 0 Å². The Morgan fingerprint density at radius 2 is 1.96 bits per heavy atom. The molecule has 0 unspecified atom stereocenters. The molecule has 0 aliphatic carbocycles. The lowest BCUT2D eigenvalue weighted by Crippen LogP contribution is -3.14. The average Bonchev–Trinajstić information content (AvgIpc) is 2.62. The summed E-state index contributed by atoms with van der Waals surface area (Å²) in [5.74, 6) is 1.73. The van der Waals surface area contributed by atoms with Gasteiger partial charge in [-0.3, -0.25) is 0 Å². The van der Waals surface area contributed by atoms with Crippen LogP contribution in [0.3, 0.4) is 0 Å². The minimum atomic E-state index is 0.665. The number of rotatable bonds is 11. The van der Waals surface area contributed by atoms with Crippen LogP contribution >= 0.6 is 0 Å². The highest BCUT2D eigenvalue weighted by Crippen LogP contribution is 2.28. The van der Waals surface area contributed by atoms with E-state index in [1.165, 1.54) is 25.1 Å². The monoisotopic (exact) mass is 338 g/mol. The number of hydrogen-bond acceptors (Lipinski definition) is 3. The van der Waals surface area contributed by atoms with Crippen molar-refractivity contribution in [1.82, 2.24) is 0 Å². The third-order valence-electron chi connectivity index (χ3n) is 4.29. The molecule has 1 aromatic carbocycles. The van der Waals surface area contributed by atoms with Crippen LogP contribution in [-0.4, -0.2) is 52.6 Å². The molecule has 0 radical (unpaired) electrons. The highest BCUT2D eigenvalue weighted by atomic mass is 16.5. The summed E-state index contributed by atoms with van der Waals surface area (Å²) in [6.45, 7) is 13.1. The van der Waals surface area contributed by atoms with Gasteiger partial charge in [0.1, 0.15) is 19.6 Å². The van der Waals surface area contributed by atoms with Gasteiger partial charge in [-0.05, 0) is 31.5 Å². The van der Waals surface area contributed by atoms with Crippen LogP contribution in [0, 0.1) is 0 Å². The molecule has 1 aliphatic rings. The normalized spacial score (nSPS) is 15.4. The Hall–Kier alpha value is -1.30. The molecule has 1 aliphatic heterocycles. The molecular formula is C19H34N2O3+2. The zero-order valence-corrected chi connectivity index (χ0v) is 15.3. The Labute approximate surface area is 146 Å². The van der Waals surface area contributed by atoms with Crippen molar-refractivity contribution in [2.24, 2.45) is 0 Å². The van der Waals surface area contributed by atoms with Crippen LogP contribution in [-0.2, 0) is 11.3 Å². The van der Waals surface area contributed by atoms with Crippen LogP contribution in [0.15, 0.2) is 18.2 Å². The van der Waals surface area contributed by atoms with Gasteiger partial charge >= 0.3 is 0 Å². The molecular weight excluding hydrogens is 304 g/mol. The zero-order valence-electron chi connectivity index (χ0n) is 15.3. The molecule has 0 aromatic heterocycles. The lowest BCUT2D eigenvalue weighted by molar-refractivity contribution is -0.909. The van der Waals surface area contributed by atoms with Crippen molar-refractivity contribution in [2.45, 2.75) is 33.2 Å². The molecule has 136 valence electrons. The van der Waals surface area contributed by atoms with E-state index in [0.29, 0.717) is 6.61 Å². The third-order valence-corrected chi connectivity index (χ3v) is 4.29. The number of quaternary nitrogens is 2. The Morgan fingerprint density at radius 1 is 1.12 bits per heavy atom. The summed E-state index contributed by atoms with van der Waals surface area (Å²) in [6, 6.07) is 6.32. The van der Waals surface area contributed by atoms with Crippen LogP contribution in [0.2, 0.25) is 0 Å². The standard InChI is InChI=1S/C19H32N2O3/c1-3-12-24-18-7-6-17(15-19(18)23-4-2)16-20-8-5-9-21-10-13-22-14-11-21/h6-7,15,20H,3-5,8-14,16H2,1-2H3/p+2. The fourth-order valence-electron chi connectivity index (χ4n) is 2.95. The van der Waals surface area contributed by atoms with Gasteiger partial charge in [0.15, 0.2) is 11.5 Å². The second kappa shape index (κ2) is 11.3. The first-order chi connectivity index (χ1) is 11.8. The lowest BCUT2D eigenvalue weighted by Gasteiger charge is -2.23. The van der Waals surface area contributed by atoms with E-state index in [4.69, 9.17) is 14.2 Å². The van der Waals surface area contributed by atoms with E-state index in [1.54, 1.807) is 4.90 Å². The van der Waals surface area contributed by atoms with Gasteiger partial charge in [0.2, 0.25) is 0 Å². The van der Waals surface area contributed by atoms with Gasteiger partial charge in [0.25, 0.3) is 0 Å². The lowest BCUT2D eigenvalue weighted by atomic mass is 10.2. The molecule has 1 aromatic rings. The topological polar surface area (TPSA) is 48.7 Å². The van der Waals surface area contributed by atoms with Crippen molar-refractivity contribution in [2.75, 3.05) is 52.6 Å². The summed E-state index contributed by atoms with van der Waals surface area (Å²) in [7, 11) is 0. The van der Waals surface area contributed by atoms with Crippen LogP contribution in [0.4, 0.5) is 0 Å². The minimum Gasteiger partial charge on any atom is -0.490 e. The van der Waals surface area contributed by atoms with E-state index in [0.717, 1.165) is 57.4 Å². The van der Waals surface area contributed by atoms with Gasteiger partial charge in [-0.2, -0.15) is 0 Å².